The molecule has 4 rings (SSSR count). The van der Waals surface area contributed by atoms with Crippen molar-refractivity contribution in [3.8, 4) is 0 Å². The van der Waals surface area contributed by atoms with Crippen molar-refractivity contribution in [2.24, 2.45) is 22.7 Å². The minimum Gasteiger partial charge on any atom is -0.387 e. The van der Waals surface area contributed by atoms with Gasteiger partial charge >= 0.3 is 0 Å². The van der Waals surface area contributed by atoms with Gasteiger partial charge in [0.25, 0.3) is 0 Å². The summed E-state index contributed by atoms with van der Waals surface area (Å²) in [5.41, 5.74) is -1.22. The molecule has 32 heavy (non-hydrogen) atoms. The number of nitrogens with zero attached hydrogens (tertiary/aromatic N) is 2. The second kappa shape index (κ2) is 9.27. The number of piperidine rings is 1. The number of carbonyl (C=O) groups is 2. The third-order valence-electron chi connectivity index (χ3n) is 9.56. The van der Waals surface area contributed by atoms with Gasteiger partial charge in [-0.1, -0.05) is 72.1 Å². The monoisotopic (exact) mass is 446 g/mol. The maximum atomic E-state index is 13.2. The lowest BCUT2D eigenvalue weighted by Gasteiger charge is -2.52. The van der Waals surface area contributed by atoms with Gasteiger partial charge in [-0.3, -0.25) is 9.59 Å². The second-order valence-electron chi connectivity index (χ2n) is 12.6. The topological polar surface area (TPSA) is 60.9 Å². The number of hydrogen-bond acceptors (Lipinski definition) is 3. The largest absolute Gasteiger partial charge is 0.387 e. The molecular formula is C27H46N2O3. The van der Waals surface area contributed by atoms with Crippen molar-refractivity contribution in [2.75, 3.05) is 26.2 Å². The molecular weight excluding hydrogens is 400 g/mol. The Morgan fingerprint density at radius 2 is 1.69 bits per heavy atom. The molecule has 1 spiro atoms. The molecule has 5 heteroatoms. The fourth-order valence-electron chi connectivity index (χ4n) is 7.26. The molecule has 0 radical (unpaired) electrons. The Labute approximate surface area is 195 Å². The van der Waals surface area contributed by atoms with Crippen molar-refractivity contribution in [2.45, 2.75) is 110 Å². The number of carbonyl (C=O) groups excluding carboxylic acids is 2. The first-order valence-corrected chi connectivity index (χ1v) is 13.4. The third kappa shape index (κ3) is 4.88. The molecule has 2 saturated carbocycles. The number of amides is 2. The molecule has 2 atom stereocenters. The number of β-amino-alcohol motifs (C(OH)–C–C–N with tert-alkyl or cyclic N) is 1. The molecule has 2 heterocycles. The fourth-order valence-corrected chi connectivity index (χ4v) is 7.26. The molecule has 182 valence electrons. The van der Waals surface area contributed by atoms with Crippen LogP contribution in [-0.2, 0) is 9.59 Å². The second-order valence-corrected chi connectivity index (χ2v) is 12.6. The van der Waals surface area contributed by atoms with Gasteiger partial charge in [-0.25, -0.2) is 0 Å². The van der Waals surface area contributed by atoms with Crippen molar-refractivity contribution in [1.82, 2.24) is 9.80 Å². The van der Waals surface area contributed by atoms with E-state index in [1.165, 1.54) is 51.4 Å². The van der Waals surface area contributed by atoms with E-state index in [4.69, 9.17) is 0 Å². The first-order chi connectivity index (χ1) is 15.1. The van der Waals surface area contributed by atoms with Crippen LogP contribution in [0, 0.1) is 22.7 Å². The van der Waals surface area contributed by atoms with Crippen LogP contribution >= 0.6 is 0 Å². The molecule has 0 aromatic rings. The Hall–Kier alpha value is -1.10. The van der Waals surface area contributed by atoms with Crippen LogP contribution in [0.25, 0.3) is 0 Å². The van der Waals surface area contributed by atoms with Crippen molar-refractivity contribution in [1.29, 1.82) is 0 Å². The van der Waals surface area contributed by atoms with Crippen LogP contribution < -0.4 is 0 Å². The summed E-state index contributed by atoms with van der Waals surface area (Å²) in [6, 6.07) is 0. The average molecular weight is 447 g/mol. The molecule has 2 amide bonds. The number of likely N-dealkylation sites (tertiary alicyclic amines) is 2. The van der Waals surface area contributed by atoms with Crippen LogP contribution in [0.2, 0.25) is 0 Å². The highest BCUT2D eigenvalue weighted by Gasteiger charge is 2.52. The predicted molar refractivity (Wildman–Crippen MR) is 127 cm³/mol. The Morgan fingerprint density at radius 3 is 2.34 bits per heavy atom. The molecule has 2 saturated heterocycles. The zero-order valence-corrected chi connectivity index (χ0v) is 20.8. The zero-order valence-electron chi connectivity index (χ0n) is 20.8. The highest BCUT2D eigenvalue weighted by atomic mass is 16.3. The lowest BCUT2D eigenvalue weighted by atomic mass is 9.69. The lowest BCUT2D eigenvalue weighted by molar-refractivity contribution is -0.161. The average Bonchev–Trinajstić information content (AvgIpc) is 3.04. The Bertz CT molecular complexity index is 693. The van der Waals surface area contributed by atoms with Gasteiger partial charge in [0.05, 0.1) is 12.1 Å². The summed E-state index contributed by atoms with van der Waals surface area (Å²) >= 11 is 0. The minimum atomic E-state index is -0.938. The third-order valence-corrected chi connectivity index (χ3v) is 9.56. The summed E-state index contributed by atoms with van der Waals surface area (Å²) < 4.78 is 0. The molecule has 4 aliphatic rings. The van der Waals surface area contributed by atoms with Crippen LogP contribution in [0.4, 0.5) is 0 Å². The number of aliphatic hydroxyl groups is 1. The SMILES string of the molecule is CC(CC1CCCCC1)C(=O)N1CCC(O)(CN2CC3(CCCCC3)CC2=O)C(C)(C)C1. The fraction of sp³-hybridized carbons (Fsp3) is 0.926. The van der Waals surface area contributed by atoms with Crippen LogP contribution in [0.1, 0.15) is 104 Å². The van der Waals surface area contributed by atoms with E-state index in [0.29, 0.717) is 38.4 Å². The van der Waals surface area contributed by atoms with E-state index in [9.17, 15) is 14.7 Å². The standard InChI is InChI=1S/C27H46N2O3/c1-21(16-22-10-6-4-7-11-22)24(31)28-15-14-27(32,25(2,3)18-28)20-29-19-26(17-23(29)30)12-8-5-9-13-26/h21-22,32H,4-20H2,1-3H3. The molecule has 0 aromatic heterocycles. The van der Waals surface area contributed by atoms with Gasteiger partial charge in [0.15, 0.2) is 0 Å². The molecule has 2 aliphatic heterocycles. The van der Waals surface area contributed by atoms with E-state index < -0.39 is 11.0 Å². The number of hydrogen-bond donors (Lipinski definition) is 1. The summed E-state index contributed by atoms with van der Waals surface area (Å²) in [7, 11) is 0. The Balaban J connectivity index is 1.35. The minimum absolute atomic E-state index is 0.0615. The van der Waals surface area contributed by atoms with E-state index in [-0.39, 0.29) is 23.1 Å². The van der Waals surface area contributed by atoms with Crippen molar-refractivity contribution >= 4 is 11.8 Å². The van der Waals surface area contributed by atoms with Gasteiger partial charge in [0.2, 0.25) is 11.8 Å². The van der Waals surface area contributed by atoms with E-state index >= 15 is 0 Å². The molecule has 2 aliphatic carbocycles. The Morgan fingerprint density at radius 1 is 1.03 bits per heavy atom. The van der Waals surface area contributed by atoms with Gasteiger partial charge in [0, 0.05) is 37.4 Å². The molecule has 1 N–H and O–H groups in total. The maximum absolute atomic E-state index is 13.2. The summed E-state index contributed by atoms with van der Waals surface area (Å²) in [5, 5.41) is 11.7. The van der Waals surface area contributed by atoms with Gasteiger partial charge in [-0.05, 0) is 37.0 Å². The van der Waals surface area contributed by atoms with Gasteiger partial charge in [0.1, 0.15) is 0 Å². The molecule has 0 aromatic carbocycles. The molecule has 4 fully saturated rings. The van der Waals surface area contributed by atoms with Crippen LogP contribution in [0.5, 0.6) is 0 Å². The van der Waals surface area contributed by atoms with Crippen molar-refractivity contribution in [3.05, 3.63) is 0 Å². The van der Waals surface area contributed by atoms with Crippen LogP contribution in [-0.4, -0.2) is 58.5 Å². The molecule has 2 unspecified atom stereocenters. The van der Waals surface area contributed by atoms with Crippen LogP contribution in [0.3, 0.4) is 0 Å². The number of rotatable bonds is 5. The summed E-state index contributed by atoms with van der Waals surface area (Å²) in [6.07, 6.45) is 14.8. The normalized spacial score (nSPS) is 31.8. The highest BCUT2D eigenvalue weighted by Crippen LogP contribution is 2.46. The maximum Gasteiger partial charge on any atom is 0.225 e. The Kier molecular flexibility index (Phi) is 6.96. The molecule has 0 bridgehead atoms. The van der Waals surface area contributed by atoms with Gasteiger partial charge in [-0.15, -0.1) is 0 Å². The first-order valence-electron chi connectivity index (χ1n) is 13.4. The van der Waals surface area contributed by atoms with Crippen LogP contribution in [0.15, 0.2) is 0 Å². The predicted octanol–water partition coefficient (Wildman–Crippen LogP) is 4.77. The van der Waals surface area contributed by atoms with E-state index in [0.717, 1.165) is 25.8 Å². The summed E-state index contributed by atoms with van der Waals surface area (Å²) in [4.78, 5) is 30.1. The highest BCUT2D eigenvalue weighted by molar-refractivity contribution is 5.80. The quantitative estimate of drug-likeness (QED) is 0.662. The van der Waals surface area contributed by atoms with Crippen molar-refractivity contribution in [3.63, 3.8) is 0 Å². The van der Waals surface area contributed by atoms with Gasteiger partial charge < -0.3 is 14.9 Å². The van der Waals surface area contributed by atoms with E-state index in [1.54, 1.807) is 0 Å². The lowest BCUT2D eigenvalue weighted by Crippen LogP contribution is -2.63. The van der Waals surface area contributed by atoms with E-state index in [1.807, 2.05) is 9.80 Å². The van der Waals surface area contributed by atoms with Gasteiger partial charge in [-0.2, -0.15) is 0 Å². The summed E-state index contributed by atoms with van der Waals surface area (Å²) in [6.45, 7) is 8.65. The molecule has 5 nitrogen and oxygen atoms in total. The smallest absolute Gasteiger partial charge is 0.225 e. The van der Waals surface area contributed by atoms with Crippen molar-refractivity contribution < 1.29 is 14.7 Å². The zero-order chi connectivity index (χ0) is 23.0. The first kappa shape index (κ1) is 24.0. The van der Waals surface area contributed by atoms with E-state index in [2.05, 4.69) is 20.8 Å². The summed E-state index contributed by atoms with van der Waals surface area (Å²) in [5.74, 6) is 1.23.